The van der Waals surface area contributed by atoms with Gasteiger partial charge in [0.15, 0.2) is 5.82 Å². The molecule has 0 aliphatic carbocycles. The molecule has 5 heteroatoms. The van der Waals surface area contributed by atoms with Gasteiger partial charge in [0.1, 0.15) is 0 Å². The number of anilines is 1. The Kier molecular flexibility index (Phi) is 3.44. The second-order valence-electron chi connectivity index (χ2n) is 5.59. The minimum atomic E-state index is 0.199. The van der Waals surface area contributed by atoms with Crippen molar-refractivity contribution in [3.63, 3.8) is 0 Å². The van der Waals surface area contributed by atoms with Crippen molar-refractivity contribution in [3.05, 3.63) is 29.8 Å². The number of aromatic nitrogens is 3. The van der Waals surface area contributed by atoms with Crippen LogP contribution in [0.2, 0.25) is 0 Å². The van der Waals surface area contributed by atoms with Crippen LogP contribution in [0.5, 0.6) is 0 Å². The largest absolute Gasteiger partial charge is 0.335 e. The van der Waals surface area contributed by atoms with E-state index in [2.05, 4.69) is 58.2 Å². The van der Waals surface area contributed by atoms with Gasteiger partial charge in [-0.15, -0.1) is 5.10 Å². The highest BCUT2D eigenvalue weighted by molar-refractivity contribution is 5.56. The third-order valence-corrected chi connectivity index (χ3v) is 4.10. The predicted octanol–water partition coefficient (Wildman–Crippen LogP) is 2.10. The Morgan fingerprint density at radius 3 is 2.80 bits per heavy atom. The van der Waals surface area contributed by atoms with Crippen molar-refractivity contribution in [2.45, 2.75) is 38.8 Å². The van der Waals surface area contributed by atoms with Gasteiger partial charge in [-0.2, -0.15) is 4.98 Å². The molecule has 1 aliphatic rings. The van der Waals surface area contributed by atoms with Crippen molar-refractivity contribution < 1.29 is 0 Å². The first-order valence-electron chi connectivity index (χ1n) is 7.17. The maximum atomic E-state index is 6.13. The number of aromatic amines is 1. The highest BCUT2D eigenvalue weighted by Gasteiger charge is 2.27. The van der Waals surface area contributed by atoms with E-state index in [1.165, 1.54) is 5.56 Å². The maximum Gasteiger partial charge on any atom is 0.245 e. The summed E-state index contributed by atoms with van der Waals surface area (Å²) < 4.78 is 0. The summed E-state index contributed by atoms with van der Waals surface area (Å²) in [5.74, 6) is 1.56. The number of piperidine rings is 1. The zero-order valence-corrected chi connectivity index (χ0v) is 12.0. The van der Waals surface area contributed by atoms with Gasteiger partial charge in [-0.3, -0.25) is 5.10 Å². The lowest BCUT2D eigenvalue weighted by Crippen LogP contribution is -2.50. The van der Waals surface area contributed by atoms with Crippen LogP contribution in [0.3, 0.4) is 0 Å². The van der Waals surface area contributed by atoms with E-state index in [0.29, 0.717) is 0 Å². The Hall–Kier alpha value is -1.88. The molecule has 2 heterocycles. The van der Waals surface area contributed by atoms with E-state index in [-0.39, 0.29) is 12.1 Å². The van der Waals surface area contributed by atoms with Crippen molar-refractivity contribution in [2.24, 2.45) is 5.73 Å². The Morgan fingerprint density at radius 2 is 2.05 bits per heavy atom. The molecule has 0 saturated carbocycles. The number of nitrogens with zero attached hydrogens (tertiary/aromatic N) is 3. The number of aryl methyl sites for hydroxylation is 1. The number of hydrogen-bond acceptors (Lipinski definition) is 4. The lowest BCUT2D eigenvalue weighted by molar-refractivity contribution is 0.416. The standard InChI is InChI=1S/C15H21N5/c1-10-5-7-12(8-6-10)14-17-15(19-18-14)20-9-3-4-13(16)11(20)2/h5-8,11,13H,3-4,9,16H2,1-2H3,(H,17,18,19). The summed E-state index contributed by atoms with van der Waals surface area (Å²) in [6, 6.07) is 8.76. The summed E-state index contributed by atoms with van der Waals surface area (Å²) in [4.78, 5) is 6.82. The SMILES string of the molecule is Cc1ccc(-c2nc(N3CCCC(N)C3C)n[nH]2)cc1. The highest BCUT2D eigenvalue weighted by atomic mass is 15.4. The van der Waals surface area contributed by atoms with Crippen molar-refractivity contribution in [2.75, 3.05) is 11.4 Å². The van der Waals surface area contributed by atoms with E-state index < -0.39 is 0 Å². The molecule has 2 unspecified atom stereocenters. The molecule has 2 atom stereocenters. The first-order valence-corrected chi connectivity index (χ1v) is 7.17. The fraction of sp³-hybridized carbons (Fsp3) is 0.467. The average Bonchev–Trinajstić information content (AvgIpc) is 2.92. The third-order valence-electron chi connectivity index (χ3n) is 4.10. The summed E-state index contributed by atoms with van der Waals surface area (Å²) in [7, 11) is 0. The minimum absolute atomic E-state index is 0.199. The van der Waals surface area contributed by atoms with E-state index in [1.54, 1.807) is 0 Å². The number of H-pyrrole nitrogens is 1. The average molecular weight is 271 g/mol. The van der Waals surface area contributed by atoms with Crippen LogP contribution in [-0.4, -0.2) is 33.8 Å². The van der Waals surface area contributed by atoms with E-state index in [4.69, 9.17) is 5.73 Å². The van der Waals surface area contributed by atoms with Gasteiger partial charge in [-0.25, -0.2) is 0 Å². The molecule has 20 heavy (non-hydrogen) atoms. The molecule has 0 radical (unpaired) electrons. The van der Waals surface area contributed by atoms with E-state index in [1.807, 2.05) is 0 Å². The van der Waals surface area contributed by atoms with Crippen LogP contribution in [-0.2, 0) is 0 Å². The summed E-state index contributed by atoms with van der Waals surface area (Å²) in [6.07, 6.45) is 2.17. The molecule has 5 nitrogen and oxygen atoms in total. The number of nitrogens with two attached hydrogens (primary N) is 1. The van der Waals surface area contributed by atoms with Crippen molar-refractivity contribution in [1.29, 1.82) is 0 Å². The van der Waals surface area contributed by atoms with E-state index in [0.717, 1.165) is 36.7 Å². The molecule has 1 fully saturated rings. The minimum Gasteiger partial charge on any atom is -0.335 e. The Labute approximate surface area is 119 Å². The monoisotopic (exact) mass is 271 g/mol. The number of rotatable bonds is 2. The molecule has 0 spiro atoms. The topological polar surface area (TPSA) is 70.8 Å². The van der Waals surface area contributed by atoms with Gasteiger partial charge in [0.05, 0.1) is 0 Å². The number of hydrogen-bond donors (Lipinski definition) is 2. The van der Waals surface area contributed by atoms with Crippen molar-refractivity contribution >= 4 is 5.95 Å². The molecule has 0 bridgehead atoms. The lowest BCUT2D eigenvalue weighted by atomic mass is 9.99. The molecule has 1 aromatic carbocycles. The van der Waals surface area contributed by atoms with Crippen LogP contribution < -0.4 is 10.6 Å². The zero-order chi connectivity index (χ0) is 14.1. The molecule has 2 aromatic rings. The smallest absolute Gasteiger partial charge is 0.245 e. The van der Waals surface area contributed by atoms with Gasteiger partial charge in [-0.1, -0.05) is 29.8 Å². The van der Waals surface area contributed by atoms with Gasteiger partial charge in [0.25, 0.3) is 0 Å². The normalized spacial score (nSPS) is 23.1. The second kappa shape index (κ2) is 5.25. The Bertz CT molecular complexity index is 574. The number of nitrogens with one attached hydrogen (secondary N) is 1. The van der Waals surface area contributed by atoms with Gasteiger partial charge < -0.3 is 10.6 Å². The summed E-state index contributed by atoms with van der Waals surface area (Å²) in [5.41, 5.74) is 8.43. The van der Waals surface area contributed by atoms with Crippen LogP contribution in [0.25, 0.3) is 11.4 Å². The van der Waals surface area contributed by atoms with Gasteiger partial charge in [-0.05, 0) is 26.7 Å². The van der Waals surface area contributed by atoms with Crippen LogP contribution in [0.1, 0.15) is 25.3 Å². The number of benzene rings is 1. The fourth-order valence-corrected chi connectivity index (χ4v) is 2.68. The van der Waals surface area contributed by atoms with Gasteiger partial charge in [0, 0.05) is 24.2 Å². The molecular weight excluding hydrogens is 250 g/mol. The molecule has 3 rings (SSSR count). The maximum absolute atomic E-state index is 6.13. The third kappa shape index (κ3) is 2.41. The van der Waals surface area contributed by atoms with Crippen molar-refractivity contribution in [1.82, 2.24) is 15.2 Å². The summed E-state index contributed by atoms with van der Waals surface area (Å²) >= 11 is 0. The summed E-state index contributed by atoms with van der Waals surface area (Å²) in [6.45, 7) is 5.19. The fourth-order valence-electron chi connectivity index (χ4n) is 2.68. The second-order valence-corrected chi connectivity index (χ2v) is 5.59. The molecule has 1 saturated heterocycles. The van der Waals surface area contributed by atoms with Crippen LogP contribution in [0.4, 0.5) is 5.95 Å². The Morgan fingerprint density at radius 1 is 1.30 bits per heavy atom. The van der Waals surface area contributed by atoms with Crippen LogP contribution in [0, 0.1) is 6.92 Å². The predicted molar refractivity (Wildman–Crippen MR) is 80.6 cm³/mol. The van der Waals surface area contributed by atoms with E-state index in [9.17, 15) is 0 Å². The van der Waals surface area contributed by atoms with E-state index >= 15 is 0 Å². The van der Waals surface area contributed by atoms with Crippen molar-refractivity contribution in [3.8, 4) is 11.4 Å². The van der Waals surface area contributed by atoms with Gasteiger partial charge in [0.2, 0.25) is 5.95 Å². The molecule has 106 valence electrons. The molecule has 1 aromatic heterocycles. The molecular formula is C15H21N5. The zero-order valence-electron chi connectivity index (χ0n) is 12.0. The summed E-state index contributed by atoms with van der Waals surface area (Å²) in [5, 5.41) is 7.39. The van der Waals surface area contributed by atoms with Crippen LogP contribution in [0.15, 0.2) is 24.3 Å². The highest BCUT2D eigenvalue weighted by Crippen LogP contribution is 2.23. The molecule has 0 amide bonds. The quantitative estimate of drug-likeness (QED) is 0.877. The Balaban J connectivity index is 1.84. The lowest BCUT2D eigenvalue weighted by Gasteiger charge is -2.36. The first kappa shape index (κ1) is 13.1. The molecule has 3 N–H and O–H groups in total. The first-order chi connectivity index (χ1) is 9.65. The molecule has 1 aliphatic heterocycles. The van der Waals surface area contributed by atoms with Gasteiger partial charge >= 0.3 is 0 Å². The van der Waals surface area contributed by atoms with Crippen LogP contribution >= 0.6 is 0 Å².